The Kier molecular flexibility index (Phi) is 6.24. The Morgan fingerprint density at radius 2 is 1.88 bits per heavy atom. The lowest BCUT2D eigenvalue weighted by Crippen LogP contribution is -2.30. The summed E-state index contributed by atoms with van der Waals surface area (Å²) in [6, 6.07) is 3.52. The molecule has 0 amide bonds. The molecule has 2 atom stereocenters. The third-order valence-electron chi connectivity index (χ3n) is 2.25. The Morgan fingerprint density at radius 1 is 1.29 bits per heavy atom. The van der Waals surface area contributed by atoms with Crippen LogP contribution >= 0.6 is 34.8 Å². The van der Waals surface area contributed by atoms with Crippen molar-refractivity contribution in [3.63, 3.8) is 0 Å². The van der Waals surface area contributed by atoms with Gasteiger partial charge in [-0.25, -0.2) is 0 Å². The molecule has 0 aliphatic carbocycles. The maximum atomic E-state index is 11.1. The highest BCUT2D eigenvalue weighted by atomic mass is 35.5. The first kappa shape index (κ1) is 15.3. The van der Waals surface area contributed by atoms with Gasteiger partial charge in [-0.3, -0.25) is 4.21 Å². The molecule has 1 rings (SSSR count). The van der Waals surface area contributed by atoms with E-state index < -0.39 is 10.8 Å². The van der Waals surface area contributed by atoms with E-state index in [0.717, 1.165) is 5.56 Å². The summed E-state index contributed by atoms with van der Waals surface area (Å²) in [4.78, 5) is 0. The molecule has 0 heterocycles. The van der Waals surface area contributed by atoms with Gasteiger partial charge in [-0.15, -0.1) is 0 Å². The van der Waals surface area contributed by atoms with Crippen molar-refractivity contribution in [1.82, 2.24) is 5.32 Å². The summed E-state index contributed by atoms with van der Waals surface area (Å²) in [5, 5.41) is 4.75. The molecule has 0 aliphatic heterocycles. The molecular formula is C11H14Cl3NOS. The van der Waals surface area contributed by atoms with Gasteiger partial charge in [0.2, 0.25) is 0 Å². The molecular weight excluding hydrogens is 301 g/mol. The second-order valence-electron chi connectivity index (χ2n) is 3.84. The Balaban J connectivity index is 2.69. The van der Waals surface area contributed by atoms with Crippen molar-refractivity contribution in [2.45, 2.75) is 19.5 Å². The first-order chi connectivity index (χ1) is 7.91. The van der Waals surface area contributed by atoms with Gasteiger partial charge in [-0.2, -0.15) is 0 Å². The van der Waals surface area contributed by atoms with E-state index in [9.17, 15) is 4.21 Å². The molecule has 0 saturated heterocycles. The van der Waals surface area contributed by atoms with Crippen LogP contribution in [-0.4, -0.2) is 22.3 Å². The highest BCUT2D eigenvalue weighted by molar-refractivity contribution is 7.84. The molecule has 0 radical (unpaired) electrons. The van der Waals surface area contributed by atoms with Gasteiger partial charge in [0.25, 0.3) is 0 Å². The van der Waals surface area contributed by atoms with Crippen molar-refractivity contribution >= 4 is 45.6 Å². The van der Waals surface area contributed by atoms with E-state index in [2.05, 4.69) is 5.32 Å². The van der Waals surface area contributed by atoms with Gasteiger partial charge in [-0.05, 0) is 19.1 Å². The van der Waals surface area contributed by atoms with Crippen LogP contribution in [0.2, 0.25) is 15.1 Å². The molecule has 17 heavy (non-hydrogen) atoms. The van der Waals surface area contributed by atoms with Gasteiger partial charge in [0.1, 0.15) is 0 Å². The van der Waals surface area contributed by atoms with Crippen molar-refractivity contribution in [3.05, 3.63) is 32.8 Å². The zero-order valence-corrected chi connectivity index (χ0v) is 12.7. The van der Waals surface area contributed by atoms with Crippen LogP contribution in [-0.2, 0) is 17.3 Å². The van der Waals surface area contributed by atoms with E-state index in [0.29, 0.717) is 27.4 Å². The van der Waals surface area contributed by atoms with Gasteiger partial charge < -0.3 is 5.32 Å². The maximum absolute atomic E-state index is 11.1. The fourth-order valence-corrected chi connectivity index (χ4v) is 2.92. The minimum absolute atomic E-state index is 0.131. The highest BCUT2D eigenvalue weighted by Gasteiger charge is 2.11. The van der Waals surface area contributed by atoms with E-state index in [4.69, 9.17) is 34.8 Å². The second kappa shape index (κ2) is 6.95. The van der Waals surface area contributed by atoms with E-state index in [1.54, 1.807) is 18.4 Å². The van der Waals surface area contributed by atoms with E-state index >= 15 is 0 Å². The lowest BCUT2D eigenvalue weighted by molar-refractivity contribution is 0.587. The highest BCUT2D eigenvalue weighted by Crippen LogP contribution is 2.31. The summed E-state index contributed by atoms with van der Waals surface area (Å²) in [5.41, 5.74) is 0.773. The molecule has 0 saturated carbocycles. The van der Waals surface area contributed by atoms with Crippen molar-refractivity contribution in [1.29, 1.82) is 0 Å². The summed E-state index contributed by atoms with van der Waals surface area (Å²) in [7, 11) is -0.823. The number of hydrogen-bond donors (Lipinski definition) is 1. The molecule has 0 spiro atoms. The lowest BCUT2D eigenvalue weighted by Gasteiger charge is -2.14. The summed E-state index contributed by atoms with van der Waals surface area (Å²) >= 11 is 18.0. The molecule has 1 aromatic rings. The van der Waals surface area contributed by atoms with Gasteiger partial charge in [-0.1, -0.05) is 34.8 Å². The predicted molar refractivity (Wildman–Crippen MR) is 76.7 cm³/mol. The lowest BCUT2D eigenvalue weighted by atomic mass is 10.2. The second-order valence-corrected chi connectivity index (χ2v) is 6.52. The van der Waals surface area contributed by atoms with Crippen LogP contribution in [0.1, 0.15) is 12.5 Å². The fourth-order valence-electron chi connectivity index (χ4n) is 1.42. The standard InChI is InChI=1S/C11H14Cl3NOS/c1-7(6-17(2)16)15-5-8-9(12)3-4-10(13)11(8)14/h3-4,7,15H,5-6H2,1-2H3. The molecule has 0 aromatic heterocycles. The SMILES string of the molecule is CC(CS(C)=O)NCc1c(Cl)ccc(Cl)c1Cl. The van der Waals surface area contributed by atoms with E-state index in [-0.39, 0.29) is 6.04 Å². The Hall–Kier alpha value is 0.200. The Bertz CT molecular complexity index is 425. The first-order valence-corrected chi connectivity index (χ1v) is 7.93. The predicted octanol–water partition coefficient (Wildman–Crippen LogP) is 3.50. The maximum Gasteiger partial charge on any atom is 0.0652 e. The molecule has 1 N–H and O–H groups in total. The van der Waals surface area contributed by atoms with Gasteiger partial charge >= 0.3 is 0 Å². The quantitative estimate of drug-likeness (QED) is 0.843. The number of nitrogens with one attached hydrogen (secondary N) is 1. The number of hydrogen-bond acceptors (Lipinski definition) is 2. The monoisotopic (exact) mass is 313 g/mol. The van der Waals surface area contributed by atoms with Gasteiger partial charge in [0.15, 0.2) is 0 Å². The van der Waals surface area contributed by atoms with Gasteiger partial charge in [0.05, 0.1) is 10.0 Å². The van der Waals surface area contributed by atoms with Crippen LogP contribution in [0.25, 0.3) is 0 Å². The summed E-state index contributed by atoms with van der Waals surface area (Å²) in [5.74, 6) is 0.593. The minimum Gasteiger partial charge on any atom is -0.309 e. The smallest absolute Gasteiger partial charge is 0.0652 e. The van der Waals surface area contributed by atoms with Gasteiger partial charge in [0, 0.05) is 46.0 Å². The summed E-state index contributed by atoms with van der Waals surface area (Å²) in [6.07, 6.45) is 1.68. The normalized spacial score (nSPS) is 14.6. The first-order valence-electron chi connectivity index (χ1n) is 5.07. The Morgan fingerprint density at radius 3 is 2.47 bits per heavy atom. The zero-order valence-electron chi connectivity index (χ0n) is 9.60. The third kappa shape index (κ3) is 4.76. The van der Waals surface area contributed by atoms with Crippen LogP contribution in [0.4, 0.5) is 0 Å². The van der Waals surface area contributed by atoms with Crippen LogP contribution in [0.5, 0.6) is 0 Å². The third-order valence-corrected chi connectivity index (χ3v) is 4.42. The molecule has 0 bridgehead atoms. The molecule has 6 heteroatoms. The molecule has 0 fully saturated rings. The van der Waals surface area contributed by atoms with Crippen LogP contribution in [0.15, 0.2) is 12.1 Å². The van der Waals surface area contributed by atoms with Crippen LogP contribution in [0, 0.1) is 0 Å². The van der Waals surface area contributed by atoms with E-state index in [1.807, 2.05) is 6.92 Å². The summed E-state index contributed by atoms with van der Waals surface area (Å²) < 4.78 is 11.1. The average molecular weight is 315 g/mol. The molecule has 2 unspecified atom stereocenters. The van der Waals surface area contributed by atoms with Crippen molar-refractivity contribution in [3.8, 4) is 0 Å². The van der Waals surface area contributed by atoms with Crippen LogP contribution in [0.3, 0.4) is 0 Å². The zero-order chi connectivity index (χ0) is 13.0. The van der Waals surface area contributed by atoms with E-state index in [1.165, 1.54) is 0 Å². The molecule has 0 aliphatic rings. The number of rotatable bonds is 5. The Labute approximate surface area is 119 Å². The van der Waals surface area contributed by atoms with Crippen molar-refractivity contribution in [2.75, 3.05) is 12.0 Å². The topological polar surface area (TPSA) is 29.1 Å². The van der Waals surface area contributed by atoms with Crippen molar-refractivity contribution in [2.24, 2.45) is 0 Å². The minimum atomic E-state index is -0.823. The summed E-state index contributed by atoms with van der Waals surface area (Å²) in [6.45, 7) is 2.48. The van der Waals surface area contributed by atoms with Crippen LogP contribution < -0.4 is 5.32 Å². The number of halogens is 3. The molecule has 2 nitrogen and oxygen atoms in total. The number of benzene rings is 1. The fraction of sp³-hybridized carbons (Fsp3) is 0.455. The average Bonchev–Trinajstić information content (AvgIpc) is 2.23. The molecule has 96 valence electrons. The largest absolute Gasteiger partial charge is 0.309 e. The van der Waals surface area contributed by atoms with Crippen molar-refractivity contribution < 1.29 is 4.21 Å². The molecule has 1 aromatic carbocycles.